The highest BCUT2D eigenvalue weighted by Crippen LogP contribution is 2.08. The Kier molecular flexibility index (Phi) is 4.10. The molecule has 15 heavy (non-hydrogen) atoms. The number of hydrogen-bond donors (Lipinski definition) is 0. The van der Waals surface area contributed by atoms with E-state index < -0.39 is 10.0 Å². The predicted octanol–water partition coefficient (Wildman–Crippen LogP) is -0.110. The molecular formula is C9H18N2O3S. The number of sulfonamides is 1. The van der Waals surface area contributed by atoms with Crippen LogP contribution in [0.25, 0.3) is 0 Å². The van der Waals surface area contributed by atoms with E-state index in [1.165, 1.54) is 11.2 Å². The molecule has 0 saturated carbocycles. The van der Waals surface area contributed by atoms with Crippen LogP contribution < -0.4 is 0 Å². The minimum Gasteiger partial charge on any atom is -0.342 e. The third-order valence-electron chi connectivity index (χ3n) is 2.66. The van der Waals surface area contributed by atoms with Crippen molar-refractivity contribution in [3.63, 3.8) is 0 Å². The van der Waals surface area contributed by atoms with Crippen LogP contribution in [0.2, 0.25) is 0 Å². The fourth-order valence-electron chi connectivity index (χ4n) is 1.67. The quantitative estimate of drug-likeness (QED) is 0.670. The predicted molar refractivity (Wildman–Crippen MR) is 57.9 cm³/mol. The van der Waals surface area contributed by atoms with Crippen LogP contribution in [0.1, 0.15) is 20.3 Å². The average Bonchev–Trinajstić information content (AvgIpc) is 2.43. The summed E-state index contributed by atoms with van der Waals surface area (Å²) in [5.41, 5.74) is 0. The van der Waals surface area contributed by atoms with Crippen LogP contribution in [0.5, 0.6) is 0 Å². The SMILES string of the molecule is CCS(=O)(=O)N1CCCN(C(C)=O)CC1. The first-order valence-electron chi connectivity index (χ1n) is 5.20. The molecule has 1 fully saturated rings. The molecule has 1 aliphatic heterocycles. The van der Waals surface area contributed by atoms with Crippen molar-refractivity contribution in [3.8, 4) is 0 Å². The summed E-state index contributed by atoms with van der Waals surface area (Å²) < 4.78 is 24.7. The van der Waals surface area contributed by atoms with Crippen LogP contribution in [-0.2, 0) is 14.8 Å². The van der Waals surface area contributed by atoms with Gasteiger partial charge in [0.2, 0.25) is 15.9 Å². The Morgan fingerprint density at radius 2 is 1.87 bits per heavy atom. The van der Waals surface area contributed by atoms with Gasteiger partial charge in [0.15, 0.2) is 0 Å². The average molecular weight is 234 g/mol. The van der Waals surface area contributed by atoms with Gasteiger partial charge in [-0.1, -0.05) is 0 Å². The zero-order chi connectivity index (χ0) is 11.5. The van der Waals surface area contributed by atoms with E-state index in [4.69, 9.17) is 0 Å². The molecule has 0 radical (unpaired) electrons. The van der Waals surface area contributed by atoms with Gasteiger partial charge in [-0.25, -0.2) is 12.7 Å². The largest absolute Gasteiger partial charge is 0.342 e. The second kappa shape index (κ2) is 4.94. The summed E-state index contributed by atoms with van der Waals surface area (Å²) in [5.74, 6) is 0.151. The van der Waals surface area contributed by atoms with Crippen molar-refractivity contribution in [2.75, 3.05) is 31.9 Å². The maximum atomic E-state index is 11.6. The molecule has 0 aromatic heterocycles. The molecular weight excluding hydrogens is 216 g/mol. The molecule has 0 aliphatic carbocycles. The summed E-state index contributed by atoms with van der Waals surface area (Å²) in [5, 5.41) is 0. The molecule has 0 spiro atoms. The Morgan fingerprint density at radius 1 is 1.20 bits per heavy atom. The van der Waals surface area contributed by atoms with Crippen LogP contribution in [0, 0.1) is 0 Å². The number of carbonyl (C=O) groups excluding carboxylic acids is 1. The lowest BCUT2D eigenvalue weighted by molar-refractivity contribution is -0.128. The fraction of sp³-hybridized carbons (Fsp3) is 0.889. The zero-order valence-electron chi connectivity index (χ0n) is 9.27. The summed E-state index contributed by atoms with van der Waals surface area (Å²) in [6, 6.07) is 0. The van der Waals surface area contributed by atoms with E-state index in [-0.39, 0.29) is 11.7 Å². The molecule has 1 rings (SSSR count). The van der Waals surface area contributed by atoms with Gasteiger partial charge < -0.3 is 4.90 Å². The van der Waals surface area contributed by atoms with Crippen molar-refractivity contribution in [2.45, 2.75) is 20.3 Å². The highest BCUT2D eigenvalue weighted by Gasteiger charge is 2.23. The zero-order valence-corrected chi connectivity index (χ0v) is 10.1. The third kappa shape index (κ3) is 3.17. The molecule has 1 amide bonds. The lowest BCUT2D eigenvalue weighted by atomic mass is 10.4. The summed E-state index contributed by atoms with van der Waals surface area (Å²) in [6.45, 7) is 5.28. The summed E-state index contributed by atoms with van der Waals surface area (Å²) in [6.07, 6.45) is 0.721. The van der Waals surface area contributed by atoms with Crippen LogP contribution in [-0.4, -0.2) is 55.5 Å². The van der Waals surface area contributed by atoms with E-state index >= 15 is 0 Å². The van der Waals surface area contributed by atoms with Crippen molar-refractivity contribution in [2.24, 2.45) is 0 Å². The first kappa shape index (κ1) is 12.4. The topological polar surface area (TPSA) is 57.7 Å². The van der Waals surface area contributed by atoms with E-state index in [0.717, 1.165) is 6.42 Å². The van der Waals surface area contributed by atoms with Crippen LogP contribution in [0.15, 0.2) is 0 Å². The van der Waals surface area contributed by atoms with Crippen molar-refractivity contribution in [3.05, 3.63) is 0 Å². The van der Waals surface area contributed by atoms with Gasteiger partial charge in [0.25, 0.3) is 0 Å². The monoisotopic (exact) mass is 234 g/mol. The fourth-order valence-corrected chi connectivity index (χ4v) is 2.80. The lowest BCUT2D eigenvalue weighted by Crippen LogP contribution is -2.37. The van der Waals surface area contributed by atoms with Gasteiger partial charge in [0.05, 0.1) is 5.75 Å². The van der Waals surface area contributed by atoms with Gasteiger partial charge in [-0.05, 0) is 13.3 Å². The van der Waals surface area contributed by atoms with Crippen molar-refractivity contribution < 1.29 is 13.2 Å². The van der Waals surface area contributed by atoms with Crippen molar-refractivity contribution >= 4 is 15.9 Å². The van der Waals surface area contributed by atoms with Crippen LogP contribution in [0.4, 0.5) is 0 Å². The highest BCUT2D eigenvalue weighted by molar-refractivity contribution is 7.89. The first-order valence-corrected chi connectivity index (χ1v) is 6.81. The summed E-state index contributed by atoms with van der Waals surface area (Å²) in [7, 11) is -3.10. The maximum absolute atomic E-state index is 11.6. The van der Waals surface area contributed by atoms with Gasteiger partial charge in [-0.2, -0.15) is 0 Å². The Hall–Kier alpha value is -0.620. The second-order valence-corrected chi connectivity index (χ2v) is 5.92. The Balaban J connectivity index is 2.65. The van der Waals surface area contributed by atoms with Gasteiger partial charge >= 0.3 is 0 Å². The molecule has 1 saturated heterocycles. The molecule has 0 atom stereocenters. The molecule has 1 heterocycles. The van der Waals surface area contributed by atoms with E-state index in [1.54, 1.807) is 11.8 Å². The maximum Gasteiger partial charge on any atom is 0.219 e. The minimum atomic E-state index is -3.10. The van der Waals surface area contributed by atoms with Crippen molar-refractivity contribution in [1.82, 2.24) is 9.21 Å². The summed E-state index contributed by atoms with van der Waals surface area (Å²) in [4.78, 5) is 12.8. The summed E-state index contributed by atoms with van der Waals surface area (Å²) >= 11 is 0. The molecule has 88 valence electrons. The number of amides is 1. The molecule has 0 unspecified atom stereocenters. The first-order chi connectivity index (χ1) is 6.97. The van der Waals surface area contributed by atoms with Gasteiger partial charge in [0.1, 0.15) is 0 Å². The Labute approximate surface area is 91.1 Å². The Bertz CT molecular complexity index is 326. The normalized spacial score (nSPS) is 20.0. The number of nitrogens with zero attached hydrogens (tertiary/aromatic N) is 2. The lowest BCUT2D eigenvalue weighted by Gasteiger charge is -2.20. The second-order valence-electron chi connectivity index (χ2n) is 3.66. The van der Waals surface area contributed by atoms with Crippen LogP contribution in [0.3, 0.4) is 0 Å². The molecule has 0 aromatic carbocycles. The van der Waals surface area contributed by atoms with E-state index in [1.807, 2.05) is 0 Å². The highest BCUT2D eigenvalue weighted by atomic mass is 32.2. The molecule has 0 bridgehead atoms. The smallest absolute Gasteiger partial charge is 0.219 e. The number of rotatable bonds is 2. The minimum absolute atomic E-state index is 0.0192. The third-order valence-corrected chi connectivity index (χ3v) is 4.54. The molecule has 6 heteroatoms. The Morgan fingerprint density at radius 3 is 2.40 bits per heavy atom. The molecule has 0 N–H and O–H groups in total. The van der Waals surface area contributed by atoms with Gasteiger partial charge in [0, 0.05) is 33.1 Å². The van der Waals surface area contributed by atoms with E-state index in [9.17, 15) is 13.2 Å². The molecule has 0 aromatic rings. The number of carbonyl (C=O) groups is 1. The molecule has 1 aliphatic rings. The van der Waals surface area contributed by atoms with E-state index in [0.29, 0.717) is 26.2 Å². The standard InChI is InChI=1S/C9H18N2O3S/c1-3-15(13,14)11-6-4-5-10(7-8-11)9(2)12/h3-8H2,1-2H3. The van der Waals surface area contributed by atoms with Crippen molar-refractivity contribution in [1.29, 1.82) is 0 Å². The molecule has 5 nitrogen and oxygen atoms in total. The van der Waals surface area contributed by atoms with E-state index in [2.05, 4.69) is 0 Å². The van der Waals surface area contributed by atoms with Gasteiger partial charge in [-0.3, -0.25) is 4.79 Å². The number of hydrogen-bond acceptors (Lipinski definition) is 3. The van der Waals surface area contributed by atoms with Crippen LogP contribution >= 0.6 is 0 Å². The van der Waals surface area contributed by atoms with Gasteiger partial charge in [-0.15, -0.1) is 0 Å².